The van der Waals surface area contributed by atoms with Gasteiger partial charge >= 0.3 is 0 Å². The number of fused-ring (bicyclic) bond motifs is 3. The van der Waals surface area contributed by atoms with Crippen LogP contribution in [0.5, 0.6) is 0 Å². The molecule has 2 atom stereocenters. The average molecular weight is 414 g/mol. The lowest BCUT2D eigenvalue weighted by Gasteiger charge is -2.19. The minimum atomic E-state index is -1.52. The molecular weight excluding hydrogens is 382 g/mol. The van der Waals surface area contributed by atoms with Crippen LogP contribution in [0.15, 0.2) is 59.1 Å². The SMILES string of the molecule is CC1CC(c2ccc(-c3ccc([Si](C)(C)C)c4c3oc3ccccc34)nc2)CC1C. The van der Waals surface area contributed by atoms with Gasteiger partial charge in [0.25, 0.3) is 0 Å². The molecule has 4 aromatic rings. The Bertz CT molecular complexity index is 1210. The lowest BCUT2D eigenvalue weighted by atomic mass is 9.97. The summed E-state index contributed by atoms with van der Waals surface area (Å²) in [5.41, 5.74) is 5.44. The molecule has 2 aromatic heterocycles. The summed E-state index contributed by atoms with van der Waals surface area (Å²) in [7, 11) is -1.52. The minimum Gasteiger partial charge on any atom is -0.455 e. The van der Waals surface area contributed by atoms with Crippen LogP contribution in [0.25, 0.3) is 33.2 Å². The molecule has 2 aromatic carbocycles. The Morgan fingerprint density at radius 1 is 0.900 bits per heavy atom. The van der Waals surface area contributed by atoms with Gasteiger partial charge in [0.2, 0.25) is 0 Å². The summed E-state index contributed by atoms with van der Waals surface area (Å²) in [5.74, 6) is 2.26. The zero-order valence-corrected chi connectivity index (χ0v) is 19.7. The van der Waals surface area contributed by atoms with Crippen LogP contribution in [0.1, 0.15) is 38.2 Å². The van der Waals surface area contributed by atoms with Crippen molar-refractivity contribution in [3.8, 4) is 11.3 Å². The van der Waals surface area contributed by atoms with Crippen molar-refractivity contribution in [2.24, 2.45) is 11.8 Å². The molecule has 5 rings (SSSR count). The van der Waals surface area contributed by atoms with Gasteiger partial charge in [-0.1, -0.05) is 63.8 Å². The van der Waals surface area contributed by atoms with Crippen molar-refractivity contribution in [1.82, 2.24) is 4.98 Å². The van der Waals surface area contributed by atoms with E-state index < -0.39 is 8.07 Å². The molecule has 0 bridgehead atoms. The van der Waals surface area contributed by atoms with Gasteiger partial charge in [0.1, 0.15) is 11.2 Å². The first-order valence-electron chi connectivity index (χ1n) is 11.2. The Morgan fingerprint density at radius 2 is 1.63 bits per heavy atom. The number of hydrogen-bond acceptors (Lipinski definition) is 2. The van der Waals surface area contributed by atoms with Gasteiger partial charge in [-0.05, 0) is 59.5 Å². The van der Waals surface area contributed by atoms with Crippen molar-refractivity contribution in [3.05, 3.63) is 60.3 Å². The number of furan rings is 1. The fourth-order valence-corrected chi connectivity index (χ4v) is 6.77. The highest BCUT2D eigenvalue weighted by molar-refractivity contribution is 6.90. The van der Waals surface area contributed by atoms with Gasteiger partial charge in [-0.3, -0.25) is 4.98 Å². The Hall–Kier alpha value is -2.39. The topological polar surface area (TPSA) is 26.0 Å². The Morgan fingerprint density at radius 3 is 2.30 bits per heavy atom. The highest BCUT2D eigenvalue weighted by atomic mass is 28.3. The zero-order chi connectivity index (χ0) is 21.0. The maximum Gasteiger partial charge on any atom is 0.144 e. The molecule has 3 heteroatoms. The normalized spacial score (nSPS) is 22.2. The van der Waals surface area contributed by atoms with Gasteiger partial charge in [-0.2, -0.15) is 0 Å². The molecule has 30 heavy (non-hydrogen) atoms. The van der Waals surface area contributed by atoms with E-state index in [9.17, 15) is 0 Å². The molecule has 0 amide bonds. The second-order valence-corrected chi connectivity index (χ2v) is 15.4. The molecule has 0 spiro atoms. The summed E-state index contributed by atoms with van der Waals surface area (Å²) >= 11 is 0. The highest BCUT2D eigenvalue weighted by Gasteiger charge is 2.29. The number of rotatable bonds is 3. The standard InChI is InChI=1S/C27H31NOSi/c1-17-14-20(15-18(17)2)19-10-12-23(28-16-19)21-11-13-25(30(3,4)5)26-22-8-6-7-9-24(22)29-27(21)26/h6-13,16-18,20H,14-15H2,1-5H3. The first-order chi connectivity index (χ1) is 14.3. The average Bonchev–Trinajstić information content (AvgIpc) is 3.27. The fraction of sp³-hybridized carbons (Fsp3) is 0.370. The summed E-state index contributed by atoms with van der Waals surface area (Å²) in [6.45, 7) is 12.0. The lowest BCUT2D eigenvalue weighted by Crippen LogP contribution is -2.37. The van der Waals surface area contributed by atoms with Crippen LogP contribution < -0.4 is 5.19 Å². The van der Waals surface area contributed by atoms with Crippen LogP contribution in [-0.4, -0.2) is 13.1 Å². The van der Waals surface area contributed by atoms with E-state index in [0.29, 0.717) is 5.92 Å². The van der Waals surface area contributed by atoms with Crippen LogP contribution in [0.4, 0.5) is 0 Å². The number of pyridine rings is 1. The number of para-hydroxylation sites is 1. The van der Waals surface area contributed by atoms with Crippen molar-refractivity contribution in [3.63, 3.8) is 0 Å². The van der Waals surface area contributed by atoms with E-state index in [0.717, 1.165) is 34.3 Å². The van der Waals surface area contributed by atoms with Crippen LogP contribution in [0.2, 0.25) is 19.6 Å². The summed E-state index contributed by atoms with van der Waals surface area (Å²) < 4.78 is 6.41. The second kappa shape index (κ2) is 7.09. The molecule has 1 aliphatic carbocycles. The van der Waals surface area contributed by atoms with Gasteiger partial charge in [0, 0.05) is 22.5 Å². The van der Waals surface area contributed by atoms with Gasteiger partial charge in [0.05, 0.1) is 13.8 Å². The van der Waals surface area contributed by atoms with Crippen molar-refractivity contribution < 1.29 is 4.42 Å². The van der Waals surface area contributed by atoms with Gasteiger partial charge in [-0.25, -0.2) is 0 Å². The van der Waals surface area contributed by atoms with E-state index in [1.54, 1.807) is 0 Å². The van der Waals surface area contributed by atoms with Crippen LogP contribution >= 0.6 is 0 Å². The van der Waals surface area contributed by atoms with E-state index in [-0.39, 0.29) is 0 Å². The predicted octanol–water partition coefficient (Wildman–Crippen LogP) is 7.34. The van der Waals surface area contributed by atoms with Gasteiger partial charge in [0.15, 0.2) is 0 Å². The van der Waals surface area contributed by atoms with Crippen LogP contribution in [-0.2, 0) is 0 Å². The zero-order valence-electron chi connectivity index (χ0n) is 18.7. The number of benzene rings is 2. The van der Waals surface area contributed by atoms with Crippen molar-refractivity contribution in [2.75, 3.05) is 0 Å². The van der Waals surface area contributed by atoms with Gasteiger partial charge in [-0.15, -0.1) is 0 Å². The van der Waals surface area contributed by atoms with E-state index in [4.69, 9.17) is 9.40 Å². The van der Waals surface area contributed by atoms with E-state index in [1.165, 1.54) is 34.4 Å². The number of hydrogen-bond donors (Lipinski definition) is 0. The Balaban J connectivity index is 1.63. The largest absolute Gasteiger partial charge is 0.455 e. The van der Waals surface area contributed by atoms with Crippen molar-refractivity contribution in [1.29, 1.82) is 0 Å². The lowest BCUT2D eigenvalue weighted by molar-refractivity contribution is 0.457. The Labute approximate surface area is 180 Å². The van der Waals surface area contributed by atoms with Crippen molar-refractivity contribution in [2.45, 2.75) is 52.2 Å². The summed E-state index contributed by atoms with van der Waals surface area (Å²) in [6, 6.07) is 17.4. The fourth-order valence-electron chi connectivity index (χ4n) is 5.19. The molecule has 0 saturated heterocycles. The van der Waals surface area contributed by atoms with Crippen molar-refractivity contribution >= 4 is 35.2 Å². The molecule has 2 unspecified atom stereocenters. The smallest absolute Gasteiger partial charge is 0.144 e. The third-order valence-electron chi connectivity index (χ3n) is 7.15. The number of aromatic nitrogens is 1. The van der Waals surface area contributed by atoms with Crippen LogP contribution in [0, 0.1) is 11.8 Å². The van der Waals surface area contributed by atoms with E-state index in [2.05, 4.69) is 88.2 Å². The highest BCUT2D eigenvalue weighted by Crippen LogP contribution is 2.42. The third kappa shape index (κ3) is 3.20. The Kier molecular flexibility index (Phi) is 4.62. The maximum absolute atomic E-state index is 6.41. The molecule has 1 aliphatic rings. The van der Waals surface area contributed by atoms with E-state index >= 15 is 0 Å². The maximum atomic E-state index is 6.41. The van der Waals surface area contributed by atoms with Crippen LogP contribution in [0.3, 0.4) is 0 Å². The quantitative estimate of drug-likeness (QED) is 0.328. The first kappa shape index (κ1) is 19.6. The molecule has 1 saturated carbocycles. The molecule has 0 N–H and O–H groups in total. The second-order valence-electron chi connectivity index (χ2n) is 10.3. The monoisotopic (exact) mass is 413 g/mol. The molecule has 0 aliphatic heterocycles. The van der Waals surface area contributed by atoms with Gasteiger partial charge < -0.3 is 4.42 Å². The molecule has 2 heterocycles. The molecule has 0 radical (unpaired) electrons. The number of nitrogens with zero attached hydrogens (tertiary/aromatic N) is 1. The third-order valence-corrected chi connectivity index (χ3v) is 9.18. The summed E-state index contributed by atoms with van der Waals surface area (Å²) in [5, 5.41) is 3.96. The molecule has 2 nitrogen and oxygen atoms in total. The minimum absolute atomic E-state index is 0.650. The first-order valence-corrected chi connectivity index (χ1v) is 14.7. The summed E-state index contributed by atoms with van der Waals surface area (Å²) in [4.78, 5) is 4.91. The molecule has 154 valence electrons. The van der Waals surface area contributed by atoms with E-state index in [1.807, 2.05) is 0 Å². The predicted molar refractivity (Wildman–Crippen MR) is 130 cm³/mol. The molecular formula is C27H31NOSi. The summed E-state index contributed by atoms with van der Waals surface area (Å²) in [6.07, 6.45) is 4.66. The molecule has 1 fully saturated rings.